The van der Waals surface area contributed by atoms with Crippen LogP contribution in [0.2, 0.25) is 10.0 Å². The SMILES string of the molecule is O=C(c1ccn(COc2ccc(F)c(Cl)c2)n1)N1CCN(Cc2cccc(Cl)c2)CC1. The highest BCUT2D eigenvalue weighted by atomic mass is 35.5. The van der Waals surface area contributed by atoms with Crippen molar-refractivity contribution in [1.29, 1.82) is 0 Å². The van der Waals surface area contributed by atoms with Crippen LogP contribution < -0.4 is 4.74 Å². The lowest BCUT2D eigenvalue weighted by Crippen LogP contribution is -2.48. The molecule has 1 aromatic heterocycles. The van der Waals surface area contributed by atoms with E-state index in [4.69, 9.17) is 27.9 Å². The summed E-state index contributed by atoms with van der Waals surface area (Å²) in [5.41, 5.74) is 1.53. The Morgan fingerprint density at radius 1 is 1.06 bits per heavy atom. The van der Waals surface area contributed by atoms with Gasteiger partial charge in [-0.3, -0.25) is 9.69 Å². The van der Waals surface area contributed by atoms with Crippen LogP contribution in [0.5, 0.6) is 5.75 Å². The number of carbonyl (C=O) groups excluding carboxylic acids is 1. The molecule has 0 saturated carbocycles. The number of aromatic nitrogens is 2. The lowest BCUT2D eigenvalue weighted by atomic mass is 10.2. The van der Waals surface area contributed by atoms with Crippen LogP contribution in [0.4, 0.5) is 4.39 Å². The Morgan fingerprint density at radius 3 is 2.61 bits per heavy atom. The Balaban J connectivity index is 1.28. The van der Waals surface area contributed by atoms with Crippen molar-refractivity contribution in [3.8, 4) is 5.75 Å². The van der Waals surface area contributed by atoms with Gasteiger partial charge in [0.15, 0.2) is 12.4 Å². The van der Waals surface area contributed by atoms with E-state index in [-0.39, 0.29) is 17.7 Å². The lowest BCUT2D eigenvalue weighted by molar-refractivity contribution is 0.0621. The molecule has 6 nitrogen and oxygen atoms in total. The third kappa shape index (κ3) is 5.55. The first-order valence-electron chi connectivity index (χ1n) is 9.85. The highest BCUT2D eigenvalue weighted by Gasteiger charge is 2.23. The Morgan fingerprint density at radius 2 is 1.87 bits per heavy atom. The van der Waals surface area contributed by atoms with Gasteiger partial charge in [0.05, 0.1) is 5.02 Å². The van der Waals surface area contributed by atoms with E-state index >= 15 is 0 Å². The molecule has 9 heteroatoms. The van der Waals surface area contributed by atoms with Crippen molar-refractivity contribution in [1.82, 2.24) is 19.6 Å². The molecule has 3 aromatic rings. The molecule has 0 spiro atoms. The van der Waals surface area contributed by atoms with Gasteiger partial charge in [-0.1, -0.05) is 35.3 Å². The maximum atomic E-state index is 13.2. The predicted molar refractivity (Wildman–Crippen MR) is 117 cm³/mol. The van der Waals surface area contributed by atoms with Gasteiger partial charge in [0.1, 0.15) is 11.6 Å². The van der Waals surface area contributed by atoms with E-state index < -0.39 is 5.82 Å². The molecule has 1 fully saturated rings. The molecule has 2 aromatic carbocycles. The Kier molecular flexibility index (Phi) is 6.75. The Hall–Kier alpha value is -2.61. The summed E-state index contributed by atoms with van der Waals surface area (Å²) < 4.78 is 20.3. The van der Waals surface area contributed by atoms with Crippen molar-refractivity contribution < 1.29 is 13.9 Å². The maximum absolute atomic E-state index is 13.2. The average Bonchev–Trinajstić information content (AvgIpc) is 3.24. The van der Waals surface area contributed by atoms with Crippen LogP contribution in [-0.2, 0) is 13.3 Å². The van der Waals surface area contributed by atoms with Crippen molar-refractivity contribution in [2.75, 3.05) is 26.2 Å². The Labute approximate surface area is 189 Å². The van der Waals surface area contributed by atoms with Gasteiger partial charge in [0.25, 0.3) is 5.91 Å². The summed E-state index contributed by atoms with van der Waals surface area (Å²) in [4.78, 5) is 16.9. The van der Waals surface area contributed by atoms with Crippen LogP contribution in [0.1, 0.15) is 16.1 Å². The second kappa shape index (κ2) is 9.68. The van der Waals surface area contributed by atoms with Gasteiger partial charge in [-0.25, -0.2) is 9.07 Å². The zero-order chi connectivity index (χ0) is 21.8. The number of rotatable bonds is 6. The number of ether oxygens (including phenoxy) is 1. The fraction of sp³-hybridized carbons (Fsp3) is 0.273. The van der Waals surface area contributed by atoms with E-state index in [9.17, 15) is 9.18 Å². The lowest BCUT2D eigenvalue weighted by Gasteiger charge is -2.34. The molecule has 0 N–H and O–H groups in total. The maximum Gasteiger partial charge on any atom is 0.274 e. The van der Waals surface area contributed by atoms with Gasteiger partial charge in [0.2, 0.25) is 0 Å². The normalized spacial score (nSPS) is 14.6. The van der Waals surface area contributed by atoms with Crippen LogP contribution in [0.15, 0.2) is 54.7 Å². The van der Waals surface area contributed by atoms with Gasteiger partial charge in [0, 0.05) is 50.0 Å². The molecule has 1 saturated heterocycles. The Bertz CT molecular complexity index is 1070. The summed E-state index contributed by atoms with van der Waals surface area (Å²) in [7, 11) is 0. The highest BCUT2D eigenvalue weighted by Crippen LogP contribution is 2.21. The summed E-state index contributed by atoms with van der Waals surface area (Å²) >= 11 is 11.8. The van der Waals surface area contributed by atoms with Crippen LogP contribution in [0, 0.1) is 5.82 Å². The number of hydrogen-bond donors (Lipinski definition) is 0. The fourth-order valence-corrected chi connectivity index (χ4v) is 3.80. The summed E-state index contributed by atoms with van der Waals surface area (Å²) in [6, 6.07) is 13.6. The summed E-state index contributed by atoms with van der Waals surface area (Å²) in [6.45, 7) is 3.74. The minimum atomic E-state index is -0.506. The molecule has 1 aliphatic heterocycles. The second-order valence-electron chi connectivity index (χ2n) is 7.29. The minimum Gasteiger partial charge on any atom is -0.471 e. The molecule has 1 aliphatic rings. The molecular weight excluding hydrogens is 442 g/mol. The largest absolute Gasteiger partial charge is 0.471 e. The minimum absolute atomic E-state index is 0.0108. The van der Waals surface area contributed by atoms with Crippen LogP contribution in [-0.4, -0.2) is 51.7 Å². The topological polar surface area (TPSA) is 50.6 Å². The molecule has 0 aliphatic carbocycles. The average molecular weight is 463 g/mol. The number of nitrogens with zero attached hydrogens (tertiary/aromatic N) is 4. The molecule has 4 rings (SSSR count). The van der Waals surface area contributed by atoms with Gasteiger partial charge in [-0.2, -0.15) is 5.10 Å². The number of piperazine rings is 1. The molecule has 2 heterocycles. The molecule has 1 amide bonds. The summed E-state index contributed by atoms with van der Waals surface area (Å²) in [5, 5.41) is 5.02. The van der Waals surface area contributed by atoms with E-state index in [0.717, 1.165) is 30.2 Å². The first-order valence-corrected chi connectivity index (χ1v) is 10.6. The van der Waals surface area contributed by atoms with Crippen LogP contribution >= 0.6 is 23.2 Å². The zero-order valence-corrected chi connectivity index (χ0v) is 18.2. The zero-order valence-electron chi connectivity index (χ0n) is 16.7. The smallest absolute Gasteiger partial charge is 0.274 e. The first kappa shape index (κ1) is 21.6. The van der Waals surface area contributed by atoms with Gasteiger partial charge in [-0.05, 0) is 35.9 Å². The first-order chi connectivity index (χ1) is 15.0. The monoisotopic (exact) mass is 462 g/mol. The number of benzene rings is 2. The van der Waals surface area contributed by atoms with Crippen molar-refractivity contribution >= 4 is 29.1 Å². The van der Waals surface area contributed by atoms with E-state index in [1.807, 2.05) is 23.1 Å². The van der Waals surface area contributed by atoms with Crippen molar-refractivity contribution in [3.05, 3.63) is 81.8 Å². The van der Waals surface area contributed by atoms with Crippen molar-refractivity contribution in [2.45, 2.75) is 13.3 Å². The quantitative estimate of drug-likeness (QED) is 0.547. The van der Waals surface area contributed by atoms with Crippen LogP contribution in [0.25, 0.3) is 0 Å². The van der Waals surface area contributed by atoms with Crippen LogP contribution in [0.3, 0.4) is 0 Å². The molecular formula is C22H21Cl2FN4O2. The molecule has 162 valence electrons. The van der Waals surface area contributed by atoms with Crippen molar-refractivity contribution in [2.24, 2.45) is 0 Å². The van der Waals surface area contributed by atoms with Gasteiger partial charge >= 0.3 is 0 Å². The standard InChI is InChI=1S/C22H21Cl2FN4O2/c23-17-3-1-2-16(12-17)14-27-8-10-28(11-9-27)22(30)21-6-7-29(26-21)15-31-18-4-5-20(25)19(24)13-18/h1-7,12-13H,8-11,14-15H2. The van der Waals surface area contributed by atoms with Gasteiger partial charge in [-0.15, -0.1) is 0 Å². The van der Waals surface area contributed by atoms with Gasteiger partial charge < -0.3 is 9.64 Å². The number of amides is 1. The molecule has 0 radical (unpaired) electrons. The predicted octanol–water partition coefficient (Wildman–Crippen LogP) is 4.32. The molecule has 31 heavy (non-hydrogen) atoms. The van der Waals surface area contributed by atoms with E-state index in [1.165, 1.54) is 22.9 Å². The third-order valence-corrected chi connectivity index (χ3v) is 5.59. The number of carbonyl (C=O) groups is 1. The number of hydrogen-bond acceptors (Lipinski definition) is 4. The van der Waals surface area contributed by atoms with E-state index in [0.29, 0.717) is 24.5 Å². The highest BCUT2D eigenvalue weighted by molar-refractivity contribution is 6.31. The third-order valence-electron chi connectivity index (χ3n) is 5.07. The van der Waals surface area contributed by atoms with Crippen molar-refractivity contribution in [3.63, 3.8) is 0 Å². The number of halogens is 3. The molecule has 0 bridgehead atoms. The van der Waals surface area contributed by atoms with E-state index in [1.54, 1.807) is 12.3 Å². The second-order valence-corrected chi connectivity index (χ2v) is 8.13. The fourth-order valence-electron chi connectivity index (χ4n) is 3.42. The summed E-state index contributed by atoms with van der Waals surface area (Å²) in [6.07, 6.45) is 1.67. The van der Waals surface area contributed by atoms with E-state index in [2.05, 4.69) is 16.1 Å². The molecule has 0 atom stereocenters. The molecule has 0 unspecified atom stereocenters. The summed E-state index contributed by atoms with van der Waals surface area (Å²) in [5.74, 6) is -0.190.